The van der Waals surface area contributed by atoms with Gasteiger partial charge in [-0.1, -0.05) is 23.2 Å². The Labute approximate surface area is 263 Å². The molecule has 2 saturated heterocycles. The predicted octanol–water partition coefficient (Wildman–Crippen LogP) is 5.22. The van der Waals surface area contributed by atoms with Gasteiger partial charge in [-0.15, -0.1) is 0 Å². The van der Waals surface area contributed by atoms with Gasteiger partial charge in [0, 0.05) is 56.1 Å². The summed E-state index contributed by atoms with van der Waals surface area (Å²) in [5, 5.41) is 10.1. The van der Waals surface area contributed by atoms with Gasteiger partial charge in [0.2, 0.25) is 0 Å². The van der Waals surface area contributed by atoms with Gasteiger partial charge in [0.05, 0.1) is 52.2 Å². The number of rotatable bonds is 5. The number of carbonyl (C=O) groups excluding carboxylic acids is 1. The summed E-state index contributed by atoms with van der Waals surface area (Å²) in [5.41, 5.74) is 1.39. The van der Waals surface area contributed by atoms with E-state index in [9.17, 15) is 14.7 Å². The minimum absolute atomic E-state index is 0.0537. The second-order valence-electron chi connectivity index (χ2n) is 11.0. The summed E-state index contributed by atoms with van der Waals surface area (Å²) in [6.07, 6.45) is 0. The fourth-order valence-corrected chi connectivity index (χ4v) is 6.45. The second kappa shape index (κ2) is 12.4. The van der Waals surface area contributed by atoms with E-state index in [2.05, 4.69) is 16.8 Å². The number of carboxylic acids is 1. The molecule has 13 heteroatoms. The Morgan fingerprint density at radius 3 is 2.20 bits per heavy atom. The molecule has 2 fully saturated rings. The lowest BCUT2D eigenvalue weighted by molar-refractivity contribution is 0.0509. The number of hydrogen-bond donors (Lipinski definition) is 1. The maximum absolute atomic E-state index is 15.5. The summed E-state index contributed by atoms with van der Waals surface area (Å²) in [6, 6.07) is 8.39. The Hall–Kier alpha value is -3.64. The van der Waals surface area contributed by atoms with Gasteiger partial charge in [0.1, 0.15) is 17.4 Å². The monoisotopic (exact) mass is 646 g/mol. The number of morpholine rings is 1. The molecule has 0 aliphatic carbocycles. The van der Waals surface area contributed by atoms with Crippen molar-refractivity contribution in [1.29, 1.82) is 0 Å². The Morgan fingerprint density at radius 2 is 1.55 bits per heavy atom. The summed E-state index contributed by atoms with van der Waals surface area (Å²) >= 11 is 13.2. The van der Waals surface area contributed by atoms with E-state index >= 15 is 8.78 Å². The van der Waals surface area contributed by atoms with Crippen molar-refractivity contribution >= 4 is 46.5 Å². The molecule has 3 aromatic rings. The van der Waals surface area contributed by atoms with Crippen molar-refractivity contribution in [2.75, 3.05) is 76.1 Å². The first-order valence-corrected chi connectivity index (χ1v) is 14.9. The molecule has 3 aromatic carbocycles. The zero-order valence-corrected chi connectivity index (χ0v) is 25.4. The molecular formula is C31H30Cl2F2N4O5. The molecular weight excluding hydrogens is 617 g/mol. The van der Waals surface area contributed by atoms with E-state index in [1.165, 1.54) is 23.1 Å². The number of hydrogen-bond acceptors (Lipinski definition) is 7. The standard InChI is InChI=1S/C31H30Cl2F2N4O5/c1-36-4-6-37(7-5-36)18-12-23(32)28(24(33)13-18)30(40)39-16-22-25(34)3-2-19(29(22)44-17-39)20-15-27(38-8-10-43-11-9-38)21(31(41)42)14-26(20)35/h2-3,12-15H,4-11,16-17H2,1H3,(H,41,42). The number of nitrogens with zero attached hydrogens (tertiary/aromatic N) is 4. The van der Waals surface area contributed by atoms with Crippen LogP contribution in [-0.4, -0.2) is 93.0 Å². The van der Waals surface area contributed by atoms with Crippen molar-refractivity contribution in [2.24, 2.45) is 0 Å². The molecule has 0 radical (unpaired) electrons. The highest BCUT2D eigenvalue weighted by molar-refractivity contribution is 6.40. The topological polar surface area (TPSA) is 85.8 Å². The van der Waals surface area contributed by atoms with Crippen molar-refractivity contribution in [2.45, 2.75) is 6.54 Å². The van der Waals surface area contributed by atoms with Crippen LogP contribution in [0.4, 0.5) is 20.2 Å². The van der Waals surface area contributed by atoms with Crippen LogP contribution in [0.2, 0.25) is 10.0 Å². The van der Waals surface area contributed by atoms with E-state index in [1.807, 2.05) is 4.90 Å². The number of anilines is 2. The quantitative estimate of drug-likeness (QED) is 0.404. The molecule has 0 atom stereocenters. The van der Waals surface area contributed by atoms with Gasteiger partial charge in [0.15, 0.2) is 6.73 Å². The Balaban J connectivity index is 1.30. The molecule has 1 N–H and O–H groups in total. The molecule has 0 aromatic heterocycles. The smallest absolute Gasteiger partial charge is 0.337 e. The molecule has 3 heterocycles. The van der Waals surface area contributed by atoms with Gasteiger partial charge in [-0.05, 0) is 43.4 Å². The van der Waals surface area contributed by atoms with E-state index in [0.717, 1.165) is 37.9 Å². The molecule has 1 amide bonds. The average molecular weight is 648 g/mol. The number of carboxylic acid groups (broad SMARTS) is 1. The lowest BCUT2D eigenvalue weighted by Gasteiger charge is -2.34. The number of halogens is 4. The van der Waals surface area contributed by atoms with Gasteiger partial charge >= 0.3 is 5.97 Å². The highest BCUT2D eigenvalue weighted by Gasteiger charge is 2.32. The minimum atomic E-state index is -1.27. The number of likely N-dealkylation sites (N-methyl/N-ethyl adjacent to an activating group) is 1. The molecule has 6 rings (SSSR count). The predicted molar refractivity (Wildman–Crippen MR) is 163 cm³/mol. The maximum atomic E-state index is 15.5. The third kappa shape index (κ3) is 5.77. The largest absolute Gasteiger partial charge is 0.478 e. The van der Waals surface area contributed by atoms with Crippen LogP contribution in [0.25, 0.3) is 11.1 Å². The lowest BCUT2D eigenvalue weighted by Crippen LogP contribution is -2.44. The number of ether oxygens (including phenoxy) is 2. The van der Waals surface area contributed by atoms with E-state index in [0.29, 0.717) is 32.0 Å². The van der Waals surface area contributed by atoms with E-state index in [-0.39, 0.29) is 56.9 Å². The minimum Gasteiger partial charge on any atom is -0.478 e. The van der Waals surface area contributed by atoms with Gasteiger partial charge in [-0.2, -0.15) is 0 Å². The lowest BCUT2D eigenvalue weighted by atomic mass is 9.96. The number of piperazine rings is 1. The average Bonchev–Trinajstić information content (AvgIpc) is 3.01. The Bertz CT molecular complexity index is 1600. The Kier molecular flexibility index (Phi) is 8.56. The summed E-state index contributed by atoms with van der Waals surface area (Å²) in [7, 11) is 2.05. The first-order valence-electron chi connectivity index (χ1n) is 14.2. The van der Waals surface area contributed by atoms with Crippen LogP contribution in [0, 0.1) is 11.6 Å². The molecule has 3 aliphatic heterocycles. The van der Waals surface area contributed by atoms with Crippen molar-refractivity contribution in [1.82, 2.24) is 9.80 Å². The van der Waals surface area contributed by atoms with Gasteiger partial charge in [-0.25, -0.2) is 13.6 Å². The molecule has 0 unspecified atom stereocenters. The third-order valence-electron chi connectivity index (χ3n) is 8.27. The zero-order valence-electron chi connectivity index (χ0n) is 23.9. The third-order valence-corrected chi connectivity index (χ3v) is 8.87. The summed E-state index contributed by atoms with van der Waals surface area (Å²) in [6.45, 7) is 4.58. The van der Waals surface area contributed by atoms with Crippen LogP contribution >= 0.6 is 23.2 Å². The van der Waals surface area contributed by atoms with Crippen LogP contribution in [0.1, 0.15) is 26.3 Å². The summed E-state index contributed by atoms with van der Waals surface area (Å²) in [4.78, 5) is 33.0. The van der Waals surface area contributed by atoms with Gasteiger partial charge in [-0.3, -0.25) is 4.79 Å². The molecule has 9 nitrogen and oxygen atoms in total. The molecule has 0 bridgehead atoms. The zero-order chi connectivity index (χ0) is 31.1. The van der Waals surface area contributed by atoms with E-state index in [1.54, 1.807) is 12.1 Å². The van der Waals surface area contributed by atoms with Gasteiger partial charge < -0.3 is 34.2 Å². The highest BCUT2D eigenvalue weighted by Crippen LogP contribution is 2.42. The number of aromatic carboxylic acids is 1. The van der Waals surface area contributed by atoms with Crippen LogP contribution < -0.4 is 14.5 Å². The molecule has 0 saturated carbocycles. The molecule has 44 heavy (non-hydrogen) atoms. The maximum Gasteiger partial charge on any atom is 0.337 e. The summed E-state index contributed by atoms with van der Waals surface area (Å²) < 4.78 is 42.0. The summed E-state index contributed by atoms with van der Waals surface area (Å²) in [5.74, 6) is -3.16. The van der Waals surface area contributed by atoms with Crippen molar-refractivity contribution < 1.29 is 33.0 Å². The highest BCUT2D eigenvalue weighted by atomic mass is 35.5. The SMILES string of the molecule is CN1CCN(c2cc(Cl)c(C(=O)N3COc4c(-c5cc(N6CCOCC6)c(C(=O)O)cc5F)ccc(F)c4C3)c(Cl)c2)CC1. The Morgan fingerprint density at radius 1 is 0.864 bits per heavy atom. The molecule has 0 spiro atoms. The number of carbonyl (C=O) groups is 2. The molecule has 232 valence electrons. The van der Waals surface area contributed by atoms with Crippen molar-refractivity contribution in [3.63, 3.8) is 0 Å². The number of amides is 1. The van der Waals surface area contributed by atoms with Crippen molar-refractivity contribution in [3.05, 3.63) is 74.8 Å². The fraction of sp³-hybridized carbons (Fsp3) is 0.355. The van der Waals surface area contributed by atoms with E-state index in [4.69, 9.17) is 32.7 Å². The fourth-order valence-electron chi connectivity index (χ4n) is 5.81. The normalized spacial score (nSPS) is 17.3. The van der Waals surface area contributed by atoms with Crippen LogP contribution in [0.3, 0.4) is 0 Å². The van der Waals surface area contributed by atoms with Crippen LogP contribution in [0.5, 0.6) is 5.75 Å². The van der Waals surface area contributed by atoms with Crippen LogP contribution in [0.15, 0.2) is 36.4 Å². The first kappa shape index (κ1) is 30.4. The number of fused-ring (bicyclic) bond motifs is 1. The van der Waals surface area contributed by atoms with Crippen LogP contribution in [-0.2, 0) is 11.3 Å². The van der Waals surface area contributed by atoms with E-state index < -0.39 is 23.5 Å². The second-order valence-corrected chi connectivity index (χ2v) is 11.8. The molecule has 3 aliphatic rings. The first-order chi connectivity index (χ1) is 21.1. The van der Waals surface area contributed by atoms with Gasteiger partial charge in [0.25, 0.3) is 5.91 Å². The number of benzene rings is 3. The van der Waals surface area contributed by atoms with Crippen molar-refractivity contribution in [3.8, 4) is 16.9 Å².